The molecular formula is C14H21NO3. The highest BCUT2D eigenvalue weighted by atomic mass is 16.4. The van der Waals surface area contributed by atoms with Crippen LogP contribution in [-0.2, 0) is 9.59 Å². The molecule has 2 N–H and O–H groups in total. The number of amides is 1. The number of carbonyl (C=O) groups is 2. The van der Waals surface area contributed by atoms with Crippen LogP contribution in [0.1, 0.15) is 44.9 Å². The molecule has 0 aromatic rings. The van der Waals surface area contributed by atoms with Gasteiger partial charge in [-0.2, -0.15) is 0 Å². The topological polar surface area (TPSA) is 66.4 Å². The molecule has 3 fully saturated rings. The molecule has 3 aliphatic carbocycles. The van der Waals surface area contributed by atoms with Crippen molar-refractivity contribution in [2.24, 2.45) is 23.2 Å². The molecule has 2 atom stereocenters. The van der Waals surface area contributed by atoms with Crippen molar-refractivity contribution in [1.82, 2.24) is 5.32 Å². The van der Waals surface area contributed by atoms with Crippen molar-refractivity contribution in [3.63, 3.8) is 0 Å². The maximum Gasteiger partial charge on any atom is 0.311 e. The molecule has 100 valence electrons. The maximum absolute atomic E-state index is 12.1. The van der Waals surface area contributed by atoms with Crippen LogP contribution in [0.2, 0.25) is 0 Å². The Morgan fingerprint density at radius 3 is 2.17 bits per heavy atom. The van der Waals surface area contributed by atoms with Crippen molar-refractivity contribution in [2.75, 3.05) is 6.54 Å². The van der Waals surface area contributed by atoms with Gasteiger partial charge in [-0.25, -0.2) is 0 Å². The average Bonchev–Trinajstić information content (AvgIpc) is 3.00. The molecule has 1 amide bonds. The lowest BCUT2D eigenvalue weighted by Crippen LogP contribution is -2.48. The Hall–Kier alpha value is -1.06. The lowest BCUT2D eigenvalue weighted by Gasteiger charge is -2.37. The van der Waals surface area contributed by atoms with E-state index in [4.69, 9.17) is 0 Å². The third-order valence-corrected chi connectivity index (χ3v) is 5.32. The third-order valence-electron chi connectivity index (χ3n) is 5.32. The van der Waals surface area contributed by atoms with Crippen molar-refractivity contribution in [3.8, 4) is 0 Å². The molecule has 0 aromatic carbocycles. The van der Waals surface area contributed by atoms with Crippen molar-refractivity contribution in [3.05, 3.63) is 0 Å². The lowest BCUT2D eigenvalue weighted by molar-refractivity contribution is -0.154. The molecule has 0 spiro atoms. The van der Waals surface area contributed by atoms with E-state index in [1.165, 1.54) is 25.7 Å². The zero-order valence-corrected chi connectivity index (χ0v) is 10.7. The van der Waals surface area contributed by atoms with Gasteiger partial charge in [-0.1, -0.05) is 19.3 Å². The summed E-state index contributed by atoms with van der Waals surface area (Å²) in [5.74, 6) is 0.752. The first kappa shape index (κ1) is 12.0. The molecule has 4 heteroatoms. The maximum atomic E-state index is 12.1. The van der Waals surface area contributed by atoms with Crippen LogP contribution in [0.15, 0.2) is 0 Å². The van der Waals surface area contributed by atoms with E-state index < -0.39 is 11.4 Å². The Balaban J connectivity index is 1.52. The standard InChI is InChI=1S/C14H21NO3/c16-12(11-9-4-1-2-5-10(9)11)15-8-14(13(17)18)6-3-7-14/h9-11H,1-8H2,(H,15,16)(H,17,18). The highest BCUT2D eigenvalue weighted by molar-refractivity contribution is 5.83. The number of hydrogen-bond acceptors (Lipinski definition) is 2. The van der Waals surface area contributed by atoms with E-state index >= 15 is 0 Å². The summed E-state index contributed by atoms with van der Waals surface area (Å²) in [6.45, 7) is 0.330. The summed E-state index contributed by atoms with van der Waals surface area (Å²) in [6, 6.07) is 0. The third kappa shape index (κ3) is 1.82. The van der Waals surface area contributed by atoms with E-state index in [0.717, 1.165) is 6.42 Å². The van der Waals surface area contributed by atoms with Gasteiger partial charge in [0.05, 0.1) is 5.41 Å². The van der Waals surface area contributed by atoms with Gasteiger partial charge in [-0.3, -0.25) is 9.59 Å². The van der Waals surface area contributed by atoms with Crippen LogP contribution in [0.5, 0.6) is 0 Å². The molecule has 3 saturated carbocycles. The number of fused-ring (bicyclic) bond motifs is 1. The zero-order valence-electron chi connectivity index (χ0n) is 10.7. The fraction of sp³-hybridized carbons (Fsp3) is 0.857. The molecule has 3 rings (SSSR count). The predicted octanol–water partition coefficient (Wildman–Crippen LogP) is 1.79. The van der Waals surface area contributed by atoms with Gasteiger partial charge < -0.3 is 10.4 Å². The van der Waals surface area contributed by atoms with E-state index in [2.05, 4.69) is 5.32 Å². The van der Waals surface area contributed by atoms with Gasteiger partial charge in [-0.15, -0.1) is 0 Å². The number of carbonyl (C=O) groups excluding carboxylic acids is 1. The predicted molar refractivity (Wildman–Crippen MR) is 65.9 cm³/mol. The summed E-state index contributed by atoms with van der Waals surface area (Å²) in [6.07, 6.45) is 7.27. The molecule has 18 heavy (non-hydrogen) atoms. The number of aliphatic carboxylic acids is 1. The van der Waals surface area contributed by atoms with Crippen LogP contribution in [0.25, 0.3) is 0 Å². The Kier molecular flexibility index (Phi) is 2.83. The van der Waals surface area contributed by atoms with Gasteiger partial charge >= 0.3 is 5.97 Å². The number of rotatable bonds is 4. The summed E-state index contributed by atoms with van der Waals surface area (Å²) in [5.41, 5.74) is -0.657. The molecule has 3 aliphatic rings. The van der Waals surface area contributed by atoms with Crippen molar-refractivity contribution < 1.29 is 14.7 Å². The molecule has 0 bridgehead atoms. The first-order valence-corrected chi connectivity index (χ1v) is 7.15. The minimum absolute atomic E-state index is 0.111. The summed E-state index contributed by atoms with van der Waals surface area (Å²) in [5, 5.41) is 12.1. The second-order valence-electron chi connectivity index (χ2n) is 6.29. The van der Waals surface area contributed by atoms with Gasteiger partial charge in [-0.05, 0) is 37.5 Å². The first-order valence-electron chi connectivity index (χ1n) is 7.15. The van der Waals surface area contributed by atoms with Crippen LogP contribution in [0, 0.1) is 23.2 Å². The Morgan fingerprint density at radius 1 is 1.11 bits per heavy atom. The number of carboxylic acids is 1. The van der Waals surface area contributed by atoms with E-state index in [-0.39, 0.29) is 11.8 Å². The molecule has 2 unspecified atom stereocenters. The second kappa shape index (κ2) is 4.25. The fourth-order valence-corrected chi connectivity index (χ4v) is 3.83. The van der Waals surface area contributed by atoms with Crippen molar-refractivity contribution in [1.29, 1.82) is 0 Å². The van der Waals surface area contributed by atoms with Crippen molar-refractivity contribution >= 4 is 11.9 Å². The summed E-state index contributed by atoms with van der Waals surface area (Å²) in [7, 11) is 0. The van der Waals surface area contributed by atoms with Crippen molar-refractivity contribution in [2.45, 2.75) is 44.9 Å². The molecule has 0 aromatic heterocycles. The molecular weight excluding hydrogens is 230 g/mol. The smallest absolute Gasteiger partial charge is 0.311 e. The lowest BCUT2D eigenvalue weighted by atomic mass is 9.69. The van der Waals surface area contributed by atoms with E-state index in [9.17, 15) is 14.7 Å². The molecule has 0 saturated heterocycles. The van der Waals surface area contributed by atoms with Gasteiger partial charge in [0.1, 0.15) is 0 Å². The van der Waals surface area contributed by atoms with E-state index in [0.29, 0.717) is 31.2 Å². The Morgan fingerprint density at radius 2 is 1.72 bits per heavy atom. The summed E-state index contributed by atoms with van der Waals surface area (Å²) >= 11 is 0. The van der Waals surface area contributed by atoms with Crippen LogP contribution in [0.4, 0.5) is 0 Å². The highest BCUT2D eigenvalue weighted by Gasteiger charge is 2.55. The van der Waals surface area contributed by atoms with E-state index in [1.54, 1.807) is 0 Å². The van der Waals surface area contributed by atoms with Gasteiger partial charge in [0, 0.05) is 12.5 Å². The molecule has 4 nitrogen and oxygen atoms in total. The molecule has 0 heterocycles. The van der Waals surface area contributed by atoms with E-state index in [1.807, 2.05) is 0 Å². The van der Waals surface area contributed by atoms with Crippen LogP contribution in [0.3, 0.4) is 0 Å². The normalized spacial score (nSPS) is 36.1. The molecule has 0 radical (unpaired) electrons. The van der Waals surface area contributed by atoms with Gasteiger partial charge in [0.25, 0.3) is 0 Å². The summed E-state index contributed by atoms with van der Waals surface area (Å²) in [4.78, 5) is 23.3. The fourth-order valence-electron chi connectivity index (χ4n) is 3.83. The largest absolute Gasteiger partial charge is 0.481 e. The minimum Gasteiger partial charge on any atom is -0.481 e. The Bertz CT molecular complexity index is 363. The number of hydrogen-bond donors (Lipinski definition) is 2. The number of nitrogens with one attached hydrogen (secondary N) is 1. The SMILES string of the molecule is O=C(NCC1(C(=O)O)CCC1)C1C2CCCCC21. The monoisotopic (exact) mass is 251 g/mol. The first-order chi connectivity index (χ1) is 8.64. The number of carboxylic acid groups (broad SMARTS) is 1. The minimum atomic E-state index is -0.748. The summed E-state index contributed by atoms with van der Waals surface area (Å²) < 4.78 is 0. The van der Waals surface area contributed by atoms with Crippen LogP contribution >= 0.6 is 0 Å². The van der Waals surface area contributed by atoms with Gasteiger partial charge in [0.15, 0.2) is 0 Å². The average molecular weight is 251 g/mol. The highest BCUT2D eigenvalue weighted by Crippen LogP contribution is 2.55. The van der Waals surface area contributed by atoms with Crippen LogP contribution < -0.4 is 5.32 Å². The quantitative estimate of drug-likeness (QED) is 0.800. The van der Waals surface area contributed by atoms with Gasteiger partial charge in [0.2, 0.25) is 5.91 Å². The van der Waals surface area contributed by atoms with Crippen LogP contribution in [-0.4, -0.2) is 23.5 Å². The molecule has 0 aliphatic heterocycles. The zero-order chi connectivity index (χ0) is 12.8. The second-order valence-corrected chi connectivity index (χ2v) is 6.29. The Labute approximate surface area is 107 Å².